The topological polar surface area (TPSA) is 47.7 Å². The molecule has 29 heavy (non-hydrogen) atoms. The number of nitrogens with one attached hydrogen (secondary N) is 2. The maximum atomic E-state index is 8.65. The average molecular weight is 470 g/mol. The molecule has 0 saturated heterocycles. The molecule has 0 amide bonds. The average Bonchev–Trinajstić information content (AvgIpc) is 2.95. The fourth-order valence-electron chi connectivity index (χ4n) is 4.18. The first kappa shape index (κ1) is 22.0. The van der Waals surface area contributed by atoms with E-state index in [-0.39, 0.29) is 0 Å². The van der Waals surface area contributed by atoms with Gasteiger partial charge in [-0.15, -0.1) is 0 Å². The Morgan fingerprint density at radius 2 is 1.24 bits per heavy atom. The van der Waals surface area contributed by atoms with Crippen LogP contribution in [0.3, 0.4) is 0 Å². The molecule has 3 aromatic rings. The molecule has 0 spiro atoms. The Labute approximate surface area is 187 Å². The fraction of sp³-hybridized carbons (Fsp3) is 0.250. The summed E-state index contributed by atoms with van der Waals surface area (Å²) in [6, 6.07) is 16.9. The molecule has 4 rings (SSSR count). The van der Waals surface area contributed by atoms with Crippen LogP contribution in [0.4, 0.5) is 0 Å². The number of hydrogen-bond acceptors (Lipinski definition) is 2. The van der Waals surface area contributed by atoms with E-state index in [9.17, 15) is 0 Å². The molecule has 1 aliphatic carbocycles. The summed E-state index contributed by atoms with van der Waals surface area (Å²) < 4.78 is 0. The van der Waals surface area contributed by atoms with Gasteiger partial charge >= 0.3 is 33.0 Å². The summed E-state index contributed by atoms with van der Waals surface area (Å²) in [6.45, 7) is 8.90. The molecule has 0 aliphatic heterocycles. The summed E-state index contributed by atoms with van der Waals surface area (Å²) in [6.07, 6.45) is 0. The van der Waals surface area contributed by atoms with E-state index in [4.69, 9.17) is 31.2 Å². The van der Waals surface area contributed by atoms with Crippen LogP contribution in [0.5, 0.6) is 0 Å². The first-order valence-electron chi connectivity index (χ1n) is 9.52. The van der Waals surface area contributed by atoms with Gasteiger partial charge in [-0.2, -0.15) is 0 Å². The number of halogens is 2. The van der Waals surface area contributed by atoms with Gasteiger partial charge in [0.2, 0.25) is 0 Å². The van der Waals surface area contributed by atoms with Crippen LogP contribution in [-0.4, -0.2) is 11.4 Å². The molecule has 0 heterocycles. The molecule has 3 aromatic carbocycles. The molecule has 0 saturated carbocycles. The van der Waals surface area contributed by atoms with E-state index in [0.29, 0.717) is 35.9 Å². The van der Waals surface area contributed by atoms with Gasteiger partial charge < -0.3 is 0 Å². The molecule has 154 valence electrons. The Hall–Kier alpha value is -1.67. The number of rotatable bonds is 3. The van der Waals surface area contributed by atoms with Gasteiger partial charge in [0.25, 0.3) is 0 Å². The van der Waals surface area contributed by atoms with Crippen LogP contribution >= 0.6 is 20.4 Å². The van der Waals surface area contributed by atoms with E-state index in [1.54, 1.807) is 0 Å². The standard InChI is InChI=1S/C24H24N2.2ClH.Ni/c1-13(2)16-8-6-9-17(14(3)4)21(16)18-12-11-15-7-5-10-19-20(15)22(18)24(26)23(19)25;;;/h5-14,25-26H,1-4H3;2*1H;/q;;;+2/p-2. The molecule has 2 nitrogen and oxygen atoms in total. The maximum absolute atomic E-state index is 8.65. The Morgan fingerprint density at radius 3 is 1.79 bits per heavy atom. The number of benzene rings is 3. The molecule has 2 N–H and O–H groups in total. The van der Waals surface area contributed by atoms with Gasteiger partial charge in [-0.3, -0.25) is 10.8 Å². The van der Waals surface area contributed by atoms with E-state index >= 15 is 0 Å². The molecule has 1 aliphatic rings. The fourth-order valence-corrected chi connectivity index (χ4v) is 4.18. The van der Waals surface area contributed by atoms with Crippen molar-refractivity contribution in [2.45, 2.75) is 39.5 Å². The van der Waals surface area contributed by atoms with Crippen LogP contribution in [-0.2, 0) is 12.7 Å². The second-order valence-corrected chi connectivity index (χ2v) is 9.44. The van der Waals surface area contributed by atoms with Crippen LogP contribution in [0.2, 0.25) is 0 Å². The summed E-state index contributed by atoms with van der Waals surface area (Å²) in [5.41, 5.74) is 7.49. The minimum absolute atomic E-state index is 0.339. The SMILES string of the molecule is CC(C)c1cccc(C(C)C)c1-c1ccc2cccc3c2c1C(=N)C3=N.[Cl][Ni][Cl]. The molecule has 0 unspecified atom stereocenters. The molecule has 0 atom stereocenters. The zero-order chi connectivity index (χ0) is 21.3. The van der Waals surface area contributed by atoms with Crippen molar-refractivity contribution in [2.75, 3.05) is 0 Å². The molecule has 0 radical (unpaired) electrons. The van der Waals surface area contributed by atoms with Gasteiger partial charge in [-0.1, -0.05) is 76.2 Å². The number of hydrogen-bond donors (Lipinski definition) is 2. The molecular formula is C24H24Cl2N2Ni. The van der Waals surface area contributed by atoms with Gasteiger partial charge in [0, 0.05) is 16.5 Å². The second kappa shape index (κ2) is 9.00. The van der Waals surface area contributed by atoms with Crippen molar-refractivity contribution in [1.82, 2.24) is 0 Å². The summed E-state index contributed by atoms with van der Waals surface area (Å²) in [5, 5.41) is 19.3. The van der Waals surface area contributed by atoms with Crippen LogP contribution in [0, 0.1) is 10.8 Å². The minimum atomic E-state index is 0.339. The summed E-state index contributed by atoms with van der Waals surface area (Å²) in [4.78, 5) is 0. The normalized spacial score (nSPS) is 12.8. The first-order valence-corrected chi connectivity index (χ1v) is 12.2. The Balaban J connectivity index is 0.000000755. The molecule has 5 heteroatoms. The predicted octanol–water partition coefficient (Wildman–Crippen LogP) is 7.88. The Bertz CT molecular complexity index is 1080. The van der Waals surface area contributed by atoms with E-state index in [2.05, 4.69) is 64.1 Å². The van der Waals surface area contributed by atoms with Crippen molar-refractivity contribution in [3.8, 4) is 11.1 Å². The third kappa shape index (κ3) is 3.89. The van der Waals surface area contributed by atoms with Crippen LogP contribution in [0.1, 0.15) is 61.8 Å². The molecule has 0 fully saturated rings. The summed E-state index contributed by atoms with van der Waals surface area (Å²) in [7, 11) is 9.40. The van der Waals surface area contributed by atoms with Gasteiger partial charge in [-0.05, 0) is 39.5 Å². The van der Waals surface area contributed by atoms with Gasteiger partial charge in [0.15, 0.2) is 0 Å². The van der Waals surface area contributed by atoms with Crippen molar-refractivity contribution < 1.29 is 12.7 Å². The monoisotopic (exact) mass is 468 g/mol. The van der Waals surface area contributed by atoms with E-state index < -0.39 is 0 Å². The third-order valence-corrected chi connectivity index (χ3v) is 5.46. The third-order valence-electron chi connectivity index (χ3n) is 5.46. The quantitative estimate of drug-likeness (QED) is 0.366. The van der Waals surface area contributed by atoms with Crippen molar-refractivity contribution >= 4 is 42.6 Å². The summed E-state index contributed by atoms with van der Waals surface area (Å²) in [5.74, 6) is 0.800. The predicted molar refractivity (Wildman–Crippen MR) is 123 cm³/mol. The van der Waals surface area contributed by atoms with Crippen LogP contribution < -0.4 is 0 Å². The van der Waals surface area contributed by atoms with Crippen molar-refractivity contribution in [2.24, 2.45) is 0 Å². The molecule has 0 bridgehead atoms. The van der Waals surface area contributed by atoms with Crippen LogP contribution in [0.15, 0.2) is 48.5 Å². The van der Waals surface area contributed by atoms with Crippen LogP contribution in [0.25, 0.3) is 21.9 Å². The van der Waals surface area contributed by atoms with Gasteiger partial charge in [0.1, 0.15) is 0 Å². The first-order chi connectivity index (χ1) is 13.8. The van der Waals surface area contributed by atoms with E-state index in [1.165, 1.54) is 16.7 Å². The zero-order valence-electron chi connectivity index (χ0n) is 16.8. The Kier molecular flexibility index (Phi) is 6.84. The van der Waals surface area contributed by atoms with Crippen molar-refractivity contribution in [3.05, 3.63) is 70.8 Å². The van der Waals surface area contributed by atoms with Gasteiger partial charge in [-0.25, -0.2) is 0 Å². The summed E-state index contributed by atoms with van der Waals surface area (Å²) >= 11 is 0.569. The molecular weight excluding hydrogens is 446 g/mol. The second-order valence-electron chi connectivity index (χ2n) is 7.81. The van der Waals surface area contributed by atoms with Gasteiger partial charge in [0.05, 0.1) is 11.4 Å². The Morgan fingerprint density at radius 1 is 0.690 bits per heavy atom. The van der Waals surface area contributed by atoms with E-state index in [0.717, 1.165) is 27.5 Å². The zero-order valence-corrected chi connectivity index (χ0v) is 19.3. The van der Waals surface area contributed by atoms with Crippen molar-refractivity contribution in [3.63, 3.8) is 0 Å². The van der Waals surface area contributed by atoms with E-state index in [1.807, 2.05) is 12.1 Å². The molecule has 0 aromatic heterocycles. The van der Waals surface area contributed by atoms with Crippen molar-refractivity contribution in [1.29, 1.82) is 10.8 Å².